The van der Waals surface area contributed by atoms with Crippen LogP contribution in [0.25, 0.3) is 108 Å². The summed E-state index contributed by atoms with van der Waals surface area (Å²) in [7, 11) is 0. The second-order valence-corrected chi connectivity index (χ2v) is 13.5. The van der Waals surface area contributed by atoms with Gasteiger partial charge in [-0.2, -0.15) is 0 Å². The Labute approximate surface area is 278 Å². The van der Waals surface area contributed by atoms with Gasteiger partial charge in [-0.1, -0.05) is 127 Å². The topological polar surface area (TPSA) is 38.9 Å². The normalized spacial score (nSPS) is 12.2. The monoisotopic (exact) mass is 628 g/mol. The van der Waals surface area contributed by atoms with Crippen LogP contribution in [0.2, 0.25) is 0 Å². The number of fused-ring (bicyclic) bond motifs is 12. The highest BCUT2D eigenvalue weighted by Gasteiger charge is 2.22. The van der Waals surface area contributed by atoms with Crippen molar-refractivity contribution in [3.63, 3.8) is 0 Å². The molecule has 0 fully saturated rings. The molecule has 0 atom stereocenters. The Bertz CT molecular complexity index is 2930. The molecule has 0 spiro atoms. The summed E-state index contributed by atoms with van der Waals surface area (Å²) in [6.45, 7) is 0. The van der Waals surface area contributed by atoms with Gasteiger partial charge < -0.3 is 4.42 Å². The second-order valence-electron chi connectivity index (χ2n) is 12.5. The van der Waals surface area contributed by atoms with Gasteiger partial charge in [0.25, 0.3) is 0 Å². The maximum atomic E-state index is 6.59. The summed E-state index contributed by atoms with van der Waals surface area (Å²) in [5, 5.41) is 9.24. The molecule has 0 aliphatic carbocycles. The van der Waals surface area contributed by atoms with Gasteiger partial charge in [-0.15, -0.1) is 11.3 Å². The molecule has 4 heteroatoms. The van der Waals surface area contributed by atoms with Crippen LogP contribution in [0.1, 0.15) is 0 Å². The number of furan rings is 1. The number of benzene rings is 7. The molecule has 0 aliphatic rings. The molecule has 0 aliphatic heterocycles. The van der Waals surface area contributed by atoms with Crippen LogP contribution in [0.3, 0.4) is 0 Å². The highest BCUT2D eigenvalue weighted by Crippen LogP contribution is 2.46. The van der Waals surface area contributed by atoms with Gasteiger partial charge in [0.15, 0.2) is 5.58 Å². The Morgan fingerprint density at radius 3 is 1.62 bits per heavy atom. The molecule has 222 valence electrons. The lowest BCUT2D eigenvalue weighted by molar-refractivity contribution is 0.670. The van der Waals surface area contributed by atoms with Crippen molar-refractivity contribution in [2.75, 3.05) is 0 Å². The summed E-state index contributed by atoms with van der Waals surface area (Å²) in [5.74, 6) is 0. The summed E-state index contributed by atoms with van der Waals surface area (Å²) in [5.41, 5.74) is 10.2. The molecule has 4 aromatic heterocycles. The molecular formula is C44H24N2OS. The zero-order valence-electron chi connectivity index (χ0n) is 25.6. The van der Waals surface area contributed by atoms with E-state index >= 15 is 0 Å². The fourth-order valence-corrected chi connectivity index (χ4v) is 8.83. The average Bonchev–Trinajstić information content (AvgIpc) is 3.71. The number of hydrogen-bond donors (Lipinski definition) is 0. The first-order valence-corrected chi connectivity index (χ1v) is 17.0. The number of aromatic nitrogens is 2. The molecule has 0 amide bonds. The van der Waals surface area contributed by atoms with Gasteiger partial charge >= 0.3 is 0 Å². The van der Waals surface area contributed by atoms with Crippen molar-refractivity contribution < 1.29 is 4.42 Å². The van der Waals surface area contributed by atoms with Gasteiger partial charge in [0.1, 0.15) is 11.1 Å². The zero-order chi connectivity index (χ0) is 31.3. The Morgan fingerprint density at radius 2 is 0.938 bits per heavy atom. The lowest BCUT2D eigenvalue weighted by Crippen LogP contribution is -1.92. The van der Waals surface area contributed by atoms with Crippen LogP contribution >= 0.6 is 11.3 Å². The average molecular weight is 629 g/mol. The summed E-state index contributed by atoms with van der Waals surface area (Å²) in [6, 6.07) is 51.8. The molecule has 3 nitrogen and oxygen atoms in total. The number of pyridine rings is 2. The molecule has 4 heterocycles. The van der Waals surface area contributed by atoms with Crippen LogP contribution in [0.5, 0.6) is 0 Å². The van der Waals surface area contributed by atoms with Crippen molar-refractivity contribution >= 4 is 97.1 Å². The summed E-state index contributed by atoms with van der Waals surface area (Å²) >= 11 is 1.78. The Hall–Kier alpha value is -6.10. The minimum atomic E-state index is 0.834. The van der Waals surface area contributed by atoms with Gasteiger partial charge in [0.05, 0.1) is 21.3 Å². The number of hydrogen-bond acceptors (Lipinski definition) is 4. The lowest BCUT2D eigenvalue weighted by Gasteiger charge is -2.15. The summed E-state index contributed by atoms with van der Waals surface area (Å²) < 4.78 is 8.96. The molecule has 0 saturated heterocycles. The van der Waals surface area contributed by atoms with E-state index in [1.807, 2.05) is 12.1 Å². The van der Waals surface area contributed by atoms with Gasteiger partial charge in [-0.25, -0.2) is 9.97 Å². The van der Waals surface area contributed by atoms with Crippen molar-refractivity contribution in [1.82, 2.24) is 9.97 Å². The number of para-hydroxylation sites is 1. The van der Waals surface area contributed by atoms with Crippen LogP contribution in [-0.4, -0.2) is 9.97 Å². The molecular weight excluding hydrogens is 605 g/mol. The van der Waals surface area contributed by atoms with Crippen LogP contribution in [0.15, 0.2) is 150 Å². The number of rotatable bonds is 2. The van der Waals surface area contributed by atoms with Crippen molar-refractivity contribution in [2.24, 2.45) is 0 Å². The van der Waals surface area contributed by atoms with Crippen LogP contribution in [0, 0.1) is 0 Å². The predicted octanol–water partition coefficient (Wildman–Crippen LogP) is 12.7. The van der Waals surface area contributed by atoms with E-state index in [2.05, 4.69) is 133 Å². The van der Waals surface area contributed by atoms with Crippen molar-refractivity contribution in [2.45, 2.75) is 0 Å². The highest BCUT2D eigenvalue weighted by molar-refractivity contribution is 7.26. The van der Waals surface area contributed by atoms with Crippen LogP contribution < -0.4 is 0 Å². The number of nitrogens with zero attached hydrogens (tertiary/aromatic N) is 2. The van der Waals surface area contributed by atoms with Crippen molar-refractivity contribution in [3.8, 4) is 22.3 Å². The van der Waals surface area contributed by atoms with E-state index in [0.717, 1.165) is 70.8 Å². The SMILES string of the molecule is c1ccc2c(c1)ccc1c(-c3ccc(-c4c5oc6ccccc6c5nc5c4sc4ccccc45)cc3)c3ccc4ccccc4c3nc12. The first-order valence-electron chi connectivity index (χ1n) is 16.2. The third kappa shape index (κ3) is 3.58. The molecule has 11 rings (SSSR count). The molecule has 0 saturated carbocycles. The van der Waals surface area contributed by atoms with Crippen LogP contribution in [0.4, 0.5) is 0 Å². The van der Waals surface area contributed by atoms with E-state index in [1.165, 1.54) is 37.2 Å². The molecule has 0 N–H and O–H groups in total. The quantitative estimate of drug-likeness (QED) is 0.141. The Balaban J connectivity index is 1.21. The molecule has 0 bridgehead atoms. The van der Waals surface area contributed by atoms with Crippen molar-refractivity contribution in [3.05, 3.63) is 146 Å². The van der Waals surface area contributed by atoms with E-state index in [1.54, 1.807) is 11.3 Å². The largest absolute Gasteiger partial charge is 0.454 e. The van der Waals surface area contributed by atoms with Gasteiger partial charge in [0, 0.05) is 48.1 Å². The highest BCUT2D eigenvalue weighted by atomic mass is 32.1. The van der Waals surface area contributed by atoms with E-state index in [4.69, 9.17) is 14.4 Å². The van der Waals surface area contributed by atoms with E-state index in [9.17, 15) is 0 Å². The fraction of sp³-hybridized carbons (Fsp3) is 0. The Kier molecular flexibility index (Phi) is 5.26. The molecule has 48 heavy (non-hydrogen) atoms. The fourth-order valence-electron chi connectivity index (χ4n) is 7.63. The first kappa shape index (κ1) is 26.0. The maximum absolute atomic E-state index is 6.59. The van der Waals surface area contributed by atoms with E-state index < -0.39 is 0 Å². The van der Waals surface area contributed by atoms with Crippen molar-refractivity contribution in [1.29, 1.82) is 0 Å². The smallest absolute Gasteiger partial charge is 0.163 e. The lowest BCUT2D eigenvalue weighted by atomic mass is 9.91. The second kappa shape index (κ2) is 9.71. The van der Waals surface area contributed by atoms with E-state index in [0.29, 0.717) is 0 Å². The standard InChI is InChI=1S/C44H24N2OS/c1-3-11-29-25(9-1)21-23-33-37(34-24-22-26-10-2-4-12-30(26)40(34)45-39(29)33)27-17-19-28(20-18-27)38-43-41(31-13-5-7-15-35(31)47-43)46-42-32-14-6-8-16-36(32)48-44(38)42/h1-24H. The van der Waals surface area contributed by atoms with Gasteiger partial charge in [-0.05, 0) is 40.1 Å². The number of thiophene rings is 1. The first-order chi connectivity index (χ1) is 23.8. The predicted molar refractivity (Wildman–Crippen MR) is 203 cm³/mol. The molecule has 0 radical (unpaired) electrons. The zero-order valence-corrected chi connectivity index (χ0v) is 26.4. The summed E-state index contributed by atoms with van der Waals surface area (Å²) in [6.07, 6.45) is 0. The third-order valence-electron chi connectivity index (χ3n) is 9.84. The van der Waals surface area contributed by atoms with Crippen LogP contribution in [-0.2, 0) is 0 Å². The third-order valence-corrected chi connectivity index (χ3v) is 11.0. The maximum Gasteiger partial charge on any atom is 0.163 e. The molecule has 11 aromatic rings. The summed E-state index contributed by atoms with van der Waals surface area (Å²) in [4.78, 5) is 10.6. The minimum Gasteiger partial charge on any atom is -0.454 e. The molecule has 7 aromatic carbocycles. The van der Waals surface area contributed by atoms with Gasteiger partial charge in [-0.3, -0.25) is 0 Å². The Morgan fingerprint density at radius 1 is 0.396 bits per heavy atom. The molecule has 0 unspecified atom stereocenters. The minimum absolute atomic E-state index is 0.834. The van der Waals surface area contributed by atoms with E-state index in [-0.39, 0.29) is 0 Å². The van der Waals surface area contributed by atoms with Gasteiger partial charge in [0.2, 0.25) is 0 Å².